The first-order chi connectivity index (χ1) is 49.3. The number of carbonyl (C=O) groups excluding carboxylic acids is 6. The average Bonchev–Trinajstić information content (AvgIpc) is 1.65. The molecule has 7 aromatic rings. The van der Waals surface area contributed by atoms with Gasteiger partial charge in [0.25, 0.3) is 0 Å². The van der Waals surface area contributed by atoms with Gasteiger partial charge in [-0.15, -0.1) is 79.6 Å². The Labute approximate surface area is 698 Å². The second-order valence-corrected chi connectivity index (χ2v) is 34.3. The summed E-state index contributed by atoms with van der Waals surface area (Å²) in [6.07, 6.45) is 7.42. The Morgan fingerprint density at radius 2 is 1.23 bits per heavy atom. The molecule has 10 rings (SSSR count). The number of carbonyl (C=O) groups is 6. The zero-order valence-corrected chi connectivity index (χ0v) is 72.6. The number of hydrogen-bond donors (Lipinski definition) is 4. The van der Waals surface area contributed by atoms with Crippen molar-refractivity contribution >= 4 is 262 Å². The van der Waals surface area contributed by atoms with Crippen molar-refractivity contribution in [2.45, 2.75) is 124 Å². The maximum Gasteiger partial charge on any atom is 0.391 e. The molecule has 3 aliphatic heterocycles. The number of methoxy groups -OCH3 is 1. The quantitative estimate of drug-likeness (QED) is 0.0126. The minimum Gasteiger partial charge on any atom is -0.469 e. The molecule has 16 nitrogen and oxygen atoms in total. The molecule has 1 aromatic carbocycles. The lowest BCUT2D eigenvalue weighted by molar-refractivity contribution is -0.153. The number of alkyl halides is 1. The molecule has 0 saturated carbocycles. The predicted molar refractivity (Wildman–Crippen MR) is 437 cm³/mol. The number of nitrogens with zero attached hydrogens (tertiary/aromatic N) is 1. The van der Waals surface area contributed by atoms with Gasteiger partial charge >= 0.3 is 29.1 Å². The molecule has 4 N–H and O–H groups in total. The lowest BCUT2D eigenvalue weighted by Crippen LogP contribution is -2.25. The van der Waals surface area contributed by atoms with Gasteiger partial charge in [0.1, 0.15) is 29.5 Å². The highest BCUT2D eigenvalue weighted by atomic mass is 35.5. The summed E-state index contributed by atoms with van der Waals surface area (Å²) >= 11 is 82.4. The molecule has 1 fully saturated rings. The summed E-state index contributed by atoms with van der Waals surface area (Å²) in [6.45, 7) is 17.6. The Hall–Kier alpha value is -1.77. The van der Waals surface area contributed by atoms with Crippen molar-refractivity contribution in [1.82, 2.24) is 10.2 Å². The van der Waals surface area contributed by atoms with Crippen molar-refractivity contribution in [2.75, 3.05) is 79.3 Å². The Bertz CT molecular complexity index is 3730. The van der Waals surface area contributed by atoms with Crippen LogP contribution in [0, 0.1) is 5.41 Å². The largest absolute Gasteiger partial charge is 0.469 e. The second kappa shape index (κ2) is 53.2. The van der Waals surface area contributed by atoms with E-state index in [1.165, 1.54) is 80.0 Å². The summed E-state index contributed by atoms with van der Waals surface area (Å²) in [7, 11) is 6.60. The first kappa shape index (κ1) is 98.3. The van der Waals surface area contributed by atoms with Crippen molar-refractivity contribution in [1.29, 1.82) is 0 Å². The SMILES string of the molecule is CC(C)(C)C(=O)c1sc2c(c1Cl)CCNCC2.CCOC(=O)C(=O)Cl.CCOC(=O)C(O)c1cc(Cl)c(Cl)s1.CCOC(=O)Cc1sc(Cl)c(Cl)c1CC(=O)OC.CCl.Clc1ccsc1Cl.Clc1sc2c(c1Cl)CCN(Cc1ccccc1)CC2.OCCc1sc(Cl)c(Cl)c1CCO.[B]C1CCCO1. The van der Waals surface area contributed by atoms with E-state index < -0.39 is 29.3 Å². The highest BCUT2D eigenvalue weighted by molar-refractivity contribution is 7.18. The summed E-state index contributed by atoms with van der Waals surface area (Å²) in [4.78, 5) is 73.9. The minimum atomic E-state index is -1.30. The number of hydrogen-bond acceptors (Lipinski definition) is 22. The third-order valence-corrected chi connectivity index (χ3v) is 25.7. The van der Waals surface area contributed by atoms with Crippen LogP contribution in [0.2, 0.25) is 51.8 Å². The van der Waals surface area contributed by atoms with Crippen LogP contribution in [0.1, 0.15) is 122 Å². The van der Waals surface area contributed by atoms with E-state index in [0.717, 1.165) is 114 Å². The van der Waals surface area contributed by atoms with E-state index in [0.29, 0.717) is 77.2 Å². The van der Waals surface area contributed by atoms with E-state index in [-0.39, 0.29) is 62.4 Å². The summed E-state index contributed by atoms with van der Waals surface area (Å²) in [5.41, 5.74) is 4.88. The van der Waals surface area contributed by atoms with E-state index in [2.05, 4.69) is 66.4 Å². The smallest absolute Gasteiger partial charge is 0.391 e. The normalized spacial score (nSPS) is 13.8. The van der Waals surface area contributed by atoms with Gasteiger partial charge in [0.05, 0.1) is 74.8 Å². The number of esters is 4. The van der Waals surface area contributed by atoms with Gasteiger partial charge in [-0.05, 0) is 136 Å². The molecule has 0 aliphatic carbocycles. The molecule has 0 bridgehead atoms. The molecule has 104 heavy (non-hydrogen) atoms. The van der Waals surface area contributed by atoms with Crippen LogP contribution >= 0.6 is 219 Å². The number of fused-ring (bicyclic) bond motifs is 2. The van der Waals surface area contributed by atoms with Crippen molar-refractivity contribution in [3.63, 3.8) is 0 Å². The maximum atomic E-state index is 12.3. The number of ketones is 1. The Morgan fingerprint density at radius 3 is 1.72 bits per heavy atom. The van der Waals surface area contributed by atoms with Crippen LogP contribution in [0.25, 0.3) is 0 Å². The van der Waals surface area contributed by atoms with Gasteiger partial charge in [-0.25, -0.2) is 9.59 Å². The summed E-state index contributed by atoms with van der Waals surface area (Å²) in [5.74, 6) is -2.33. The lowest BCUT2D eigenvalue weighted by Gasteiger charge is -2.19. The molecule has 1 saturated heterocycles. The monoisotopic (exact) mass is 1810 g/mol. The highest BCUT2D eigenvalue weighted by Crippen LogP contribution is 2.42. The van der Waals surface area contributed by atoms with E-state index in [1.807, 2.05) is 26.2 Å². The second-order valence-electron chi connectivity index (χ2n) is 22.2. The molecule has 0 amide bonds. The van der Waals surface area contributed by atoms with Gasteiger partial charge in [-0.2, -0.15) is 0 Å². The number of benzene rings is 1. The topological polar surface area (TPSA) is 225 Å². The van der Waals surface area contributed by atoms with Gasteiger partial charge in [-0.1, -0.05) is 179 Å². The number of nitrogens with one attached hydrogen (secondary N) is 1. The molecule has 576 valence electrons. The molecule has 9 heterocycles. The first-order valence-electron chi connectivity index (χ1n) is 31.7. The fraction of sp³-hybridized carbons (Fsp3) is 0.471. The predicted octanol–water partition coefficient (Wildman–Crippen LogP) is 20.1. The van der Waals surface area contributed by atoms with Crippen LogP contribution in [-0.2, 0) is 106 Å². The van der Waals surface area contributed by atoms with Crippen molar-refractivity contribution in [3.05, 3.63) is 157 Å². The maximum absolute atomic E-state index is 12.3. The third kappa shape index (κ3) is 34.9. The van der Waals surface area contributed by atoms with E-state index in [1.54, 1.807) is 49.5 Å². The van der Waals surface area contributed by atoms with Crippen molar-refractivity contribution in [2.24, 2.45) is 5.41 Å². The number of Topliss-reactive ketones (excluding diaryl/α,β-unsaturated/α-hetero) is 1. The van der Waals surface area contributed by atoms with Gasteiger partial charge in [0.2, 0.25) is 0 Å². The summed E-state index contributed by atoms with van der Waals surface area (Å²) in [5, 5.41) is 34.4. The molecule has 6 aromatic heterocycles. The van der Waals surface area contributed by atoms with Gasteiger partial charge in [-0.3, -0.25) is 24.1 Å². The zero-order valence-electron chi connectivity index (χ0n) is 57.8. The number of halogens is 13. The van der Waals surface area contributed by atoms with Gasteiger partial charge in [0, 0.05) is 88.1 Å². The molecule has 3 aliphatic rings. The van der Waals surface area contributed by atoms with Gasteiger partial charge < -0.3 is 44.3 Å². The molecule has 2 radical (unpaired) electrons. The van der Waals surface area contributed by atoms with Crippen LogP contribution in [0.3, 0.4) is 0 Å². The molecular weight excluding hydrogens is 1730 g/mol. The third-order valence-electron chi connectivity index (χ3n) is 13.8. The van der Waals surface area contributed by atoms with Crippen LogP contribution in [0.15, 0.2) is 47.8 Å². The van der Waals surface area contributed by atoms with Crippen LogP contribution < -0.4 is 5.32 Å². The number of aliphatic hydroxyl groups is 3. The first-order valence-corrected chi connectivity index (χ1v) is 42.0. The molecule has 0 spiro atoms. The summed E-state index contributed by atoms with van der Waals surface area (Å²) in [6, 6.07) is 13.9. The Balaban J connectivity index is 0.000000412. The zero-order chi connectivity index (χ0) is 78.4. The van der Waals surface area contributed by atoms with E-state index in [4.69, 9.17) is 167 Å². The van der Waals surface area contributed by atoms with Crippen LogP contribution in [-0.4, -0.2) is 148 Å². The lowest BCUT2D eigenvalue weighted by atomic mass is 9.89. The molecule has 2 unspecified atom stereocenters. The van der Waals surface area contributed by atoms with Crippen molar-refractivity contribution in [3.8, 4) is 0 Å². The Kier molecular flexibility index (Phi) is 50.3. The summed E-state index contributed by atoms with van der Waals surface area (Å²) < 4.78 is 25.8. The minimum absolute atomic E-state index is 0.00666. The van der Waals surface area contributed by atoms with Crippen LogP contribution in [0.4, 0.5) is 0 Å². The van der Waals surface area contributed by atoms with Gasteiger partial charge in [0.15, 0.2) is 11.9 Å². The number of ether oxygens (including phenoxy) is 5. The van der Waals surface area contributed by atoms with Crippen molar-refractivity contribution < 1.29 is 67.8 Å². The highest BCUT2D eigenvalue weighted by Gasteiger charge is 2.30. The number of rotatable bonds is 17. The fourth-order valence-electron chi connectivity index (χ4n) is 8.87. The fourth-order valence-corrected chi connectivity index (χ4v) is 18.3. The molecule has 36 heteroatoms. The van der Waals surface area contributed by atoms with E-state index in [9.17, 15) is 33.9 Å². The number of thiophene rings is 6. The average molecular weight is 1810 g/mol. The van der Waals surface area contributed by atoms with E-state index >= 15 is 0 Å². The van der Waals surface area contributed by atoms with Crippen LogP contribution in [0.5, 0.6) is 0 Å². The Morgan fingerprint density at radius 1 is 0.654 bits per heavy atom. The number of aliphatic hydroxyl groups excluding tert-OH is 3. The molecule has 2 atom stereocenters. The standard InChI is InChI=1S/C15H15Cl2NS.C13H18ClNOS.C11H12Cl2O4S.C8H8Cl2O3S.C8H10Cl2O2S.C4H7BO.C4H2Cl2S.C4H5ClO3.CH3Cl/c16-14-12-6-8-18(9-7-13(12)19-15(14)17)10-11-4-2-1-3-5-11;1-13(2,3)12(16)11-10(14)8-4-6-15-7-5-9(8)17-11;1-3-17-9(15)5-7-6(4-8(14)16-2)10(12)11(13)18-7;1-2-13-8(12)6(11)5-3-4(9)7(10)14-5;9-7-5(1-3-11)6(2-4-12)13-8(7)10;5-4-2-1-3-6-4;5-3-1-2-7-4(3)6;1-2-8-4(7)3(5)6;1-2/h1-5H,6-10H2;15H,4-7H2,1-3H3;3-5H2,1-2H3;3,6,11H,2H2,1H3;11-12H,1-4H2;4H,1-3H2;1-2H;2H2,1H3;1H3. The molecular formula is C68H80BCl13N2O14S6.